The molecule has 2 N–H and O–H groups in total. The van der Waals surface area contributed by atoms with Crippen LogP contribution in [-0.2, 0) is 0 Å². The fourth-order valence-corrected chi connectivity index (χ4v) is 1.74. The van der Waals surface area contributed by atoms with Crippen LogP contribution in [0.2, 0.25) is 0 Å². The highest BCUT2D eigenvalue weighted by Gasteiger charge is 2.10. The minimum Gasteiger partial charge on any atom is -0.400 e. The second-order valence-electron chi connectivity index (χ2n) is 4.77. The van der Waals surface area contributed by atoms with Gasteiger partial charge >= 0.3 is 5.88 Å². The zero-order chi connectivity index (χ0) is 17.5. The van der Waals surface area contributed by atoms with Crippen LogP contribution < -0.4 is 5.48 Å². The van der Waals surface area contributed by atoms with E-state index in [1.165, 1.54) is 18.3 Å². The molecule has 2 rings (SSSR count). The highest BCUT2D eigenvalue weighted by molar-refractivity contribution is 6.40. The van der Waals surface area contributed by atoms with E-state index >= 15 is 0 Å². The molecule has 0 fully saturated rings. The topological polar surface area (TPSA) is 126 Å². The van der Waals surface area contributed by atoms with Crippen molar-refractivity contribution < 1.29 is 14.5 Å². The lowest BCUT2D eigenvalue weighted by Crippen LogP contribution is -2.26. The van der Waals surface area contributed by atoms with Crippen molar-refractivity contribution >= 4 is 29.3 Å². The molecule has 0 atom stereocenters. The van der Waals surface area contributed by atoms with Crippen LogP contribution in [0.4, 0.5) is 11.6 Å². The predicted molar refractivity (Wildman–Crippen MR) is 89.3 cm³/mol. The third-order valence-electron chi connectivity index (χ3n) is 2.88. The molecule has 0 aliphatic rings. The van der Waals surface area contributed by atoms with Gasteiger partial charge in [0.2, 0.25) is 0 Å². The number of benzene rings is 1. The van der Waals surface area contributed by atoms with Crippen LogP contribution in [0.15, 0.2) is 56.0 Å². The molecule has 9 nitrogen and oxygen atoms in total. The summed E-state index contributed by atoms with van der Waals surface area (Å²) in [6.07, 6.45) is 1.22. The van der Waals surface area contributed by atoms with Gasteiger partial charge in [-0.3, -0.25) is 20.8 Å². The van der Waals surface area contributed by atoms with E-state index in [1.54, 1.807) is 13.0 Å². The highest BCUT2D eigenvalue weighted by atomic mass is 16.6. The SMILES string of the molecule is C/C(=N\N=C/c1ccc([N+](=O)[O-])o1)C(=Nc1cccc(C)c1)NO. The quantitative estimate of drug-likeness (QED) is 0.377. The maximum Gasteiger partial charge on any atom is 0.433 e. The van der Waals surface area contributed by atoms with Gasteiger partial charge in [0.05, 0.1) is 18.0 Å². The number of hydrogen-bond acceptors (Lipinski definition) is 7. The Bertz CT molecular complexity index is 823. The Morgan fingerprint density at radius 3 is 2.79 bits per heavy atom. The lowest BCUT2D eigenvalue weighted by atomic mass is 10.2. The van der Waals surface area contributed by atoms with Gasteiger partial charge in [-0.05, 0) is 37.6 Å². The fourth-order valence-electron chi connectivity index (χ4n) is 1.74. The molecule has 1 aromatic heterocycles. The Morgan fingerprint density at radius 1 is 1.38 bits per heavy atom. The Balaban J connectivity index is 2.14. The largest absolute Gasteiger partial charge is 0.433 e. The summed E-state index contributed by atoms with van der Waals surface area (Å²) in [5, 5.41) is 27.3. The number of nitrogens with zero attached hydrogens (tertiary/aromatic N) is 4. The van der Waals surface area contributed by atoms with Crippen molar-refractivity contribution in [3.63, 3.8) is 0 Å². The number of nitrogens with one attached hydrogen (secondary N) is 1. The molecule has 0 unspecified atom stereocenters. The number of aliphatic imine (C=N–C) groups is 1. The van der Waals surface area contributed by atoms with Crippen LogP contribution in [0.5, 0.6) is 0 Å². The average molecular weight is 329 g/mol. The van der Waals surface area contributed by atoms with E-state index in [-0.39, 0.29) is 17.5 Å². The Morgan fingerprint density at radius 2 is 2.17 bits per heavy atom. The fraction of sp³-hybridized carbons (Fsp3) is 0.133. The zero-order valence-electron chi connectivity index (χ0n) is 13.0. The summed E-state index contributed by atoms with van der Waals surface area (Å²) in [5.41, 5.74) is 3.96. The second kappa shape index (κ2) is 7.79. The summed E-state index contributed by atoms with van der Waals surface area (Å²) in [6, 6.07) is 10.0. The third kappa shape index (κ3) is 4.58. The predicted octanol–water partition coefficient (Wildman–Crippen LogP) is 3.00. The van der Waals surface area contributed by atoms with Gasteiger partial charge in [-0.1, -0.05) is 12.1 Å². The van der Waals surface area contributed by atoms with Crippen LogP contribution in [-0.4, -0.2) is 27.9 Å². The van der Waals surface area contributed by atoms with E-state index < -0.39 is 4.92 Å². The molecule has 0 bridgehead atoms. The van der Waals surface area contributed by atoms with Gasteiger partial charge in [0.1, 0.15) is 10.6 Å². The second-order valence-corrected chi connectivity index (χ2v) is 4.77. The number of furan rings is 1. The molecule has 0 saturated carbocycles. The van der Waals surface area contributed by atoms with Crippen molar-refractivity contribution in [2.45, 2.75) is 13.8 Å². The highest BCUT2D eigenvalue weighted by Crippen LogP contribution is 2.14. The standard InChI is InChI=1S/C15H15N5O4/c1-10-4-3-5-12(8-10)17-15(19-21)11(2)18-16-9-13-6-7-14(24-13)20(22)23/h3-9,21H,1-2H3,(H,17,19)/b16-9-,18-11+. The van der Waals surface area contributed by atoms with Gasteiger partial charge < -0.3 is 4.42 Å². The van der Waals surface area contributed by atoms with Gasteiger partial charge in [-0.25, -0.2) is 4.99 Å². The Hall–Kier alpha value is -3.33. The number of amidine groups is 1. The number of rotatable bonds is 5. The van der Waals surface area contributed by atoms with Crippen molar-refractivity contribution in [3.8, 4) is 0 Å². The van der Waals surface area contributed by atoms with E-state index in [0.29, 0.717) is 11.4 Å². The molecular weight excluding hydrogens is 314 g/mol. The maximum absolute atomic E-state index is 10.5. The van der Waals surface area contributed by atoms with Gasteiger partial charge in [-0.15, -0.1) is 0 Å². The van der Waals surface area contributed by atoms with Crippen molar-refractivity contribution in [3.05, 3.63) is 57.8 Å². The Kier molecular flexibility index (Phi) is 5.53. The van der Waals surface area contributed by atoms with Crippen LogP contribution in [0, 0.1) is 17.0 Å². The van der Waals surface area contributed by atoms with E-state index in [1.807, 2.05) is 30.6 Å². The van der Waals surface area contributed by atoms with E-state index in [2.05, 4.69) is 15.2 Å². The minimum absolute atomic E-state index is 0.128. The summed E-state index contributed by atoms with van der Waals surface area (Å²) < 4.78 is 4.91. The van der Waals surface area contributed by atoms with Crippen molar-refractivity contribution in [2.75, 3.05) is 0 Å². The molecule has 0 spiro atoms. The maximum atomic E-state index is 10.5. The van der Waals surface area contributed by atoms with Gasteiger partial charge in [0.25, 0.3) is 0 Å². The molecule has 0 saturated heterocycles. The van der Waals surface area contributed by atoms with Crippen LogP contribution in [0.3, 0.4) is 0 Å². The smallest absolute Gasteiger partial charge is 0.400 e. The molecule has 1 heterocycles. The van der Waals surface area contributed by atoms with Crippen LogP contribution in [0.1, 0.15) is 18.2 Å². The molecule has 9 heteroatoms. The Labute approximate surface area is 137 Å². The first-order chi connectivity index (χ1) is 11.5. The monoisotopic (exact) mass is 329 g/mol. The molecule has 0 aliphatic heterocycles. The number of hydrogen-bond donors (Lipinski definition) is 2. The summed E-state index contributed by atoms with van der Waals surface area (Å²) in [5.74, 6) is -0.0635. The normalized spacial score (nSPS) is 12.6. The number of hydroxylamine groups is 1. The van der Waals surface area contributed by atoms with Gasteiger partial charge in [0.15, 0.2) is 11.6 Å². The number of nitro groups is 1. The minimum atomic E-state index is -0.645. The molecule has 2 aromatic rings. The van der Waals surface area contributed by atoms with Crippen molar-refractivity contribution in [2.24, 2.45) is 15.2 Å². The number of aryl methyl sites for hydroxylation is 1. The molecule has 1 aromatic carbocycles. The van der Waals surface area contributed by atoms with Gasteiger partial charge in [-0.2, -0.15) is 10.2 Å². The summed E-state index contributed by atoms with van der Waals surface area (Å²) in [7, 11) is 0. The molecule has 124 valence electrons. The summed E-state index contributed by atoms with van der Waals surface area (Å²) in [6.45, 7) is 3.53. The lowest BCUT2D eigenvalue weighted by Gasteiger charge is -2.03. The van der Waals surface area contributed by atoms with Crippen LogP contribution >= 0.6 is 0 Å². The van der Waals surface area contributed by atoms with Crippen molar-refractivity contribution in [1.82, 2.24) is 5.48 Å². The zero-order valence-corrected chi connectivity index (χ0v) is 13.0. The van der Waals surface area contributed by atoms with Crippen LogP contribution in [0.25, 0.3) is 0 Å². The molecule has 0 amide bonds. The first kappa shape index (κ1) is 17.0. The van der Waals surface area contributed by atoms with E-state index in [4.69, 9.17) is 4.42 Å². The summed E-state index contributed by atoms with van der Waals surface area (Å²) in [4.78, 5) is 14.1. The summed E-state index contributed by atoms with van der Waals surface area (Å²) >= 11 is 0. The van der Waals surface area contributed by atoms with E-state index in [0.717, 1.165) is 5.56 Å². The van der Waals surface area contributed by atoms with Crippen molar-refractivity contribution in [1.29, 1.82) is 0 Å². The molecular formula is C15H15N5O4. The molecule has 24 heavy (non-hydrogen) atoms. The first-order valence-electron chi connectivity index (χ1n) is 6.87. The first-order valence-corrected chi connectivity index (χ1v) is 6.87. The molecule has 0 radical (unpaired) electrons. The average Bonchev–Trinajstić information content (AvgIpc) is 3.01. The lowest BCUT2D eigenvalue weighted by molar-refractivity contribution is -0.402. The van der Waals surface area contributed by atoms with Gasteiger partial charge in [0, 0.05) is 0 Å². The molecule has 0 aliphatic carbocycles. The third-order valence-corrected chi connectivity index (χ3v) is 2.88. The van der Waals surface area contributed by atoms with E-state index in [9.17, 15) is 15.3 Å².